The van der Waals surface area contributed by atoms with Crippen molar-refractivity contribution in [3.63, 3.8) is 0 Å². The number of nitrogens with one attached hydrogen (secondary N) is 1. The van der Waals surface area contributed by atoms with E-state index < -0.39 is 0 Å². The molecule has 2 nitrogen and oxygen atoms in total. The molecule has 0 saturated heterocycles. The minimum Gasteiger partial charge on any atom is -0.379 e. The lowest BCUT2D eigenvalue weighted by Crippen LogP contribution is -2.30. The zero-order valence-electron chi connectivity index (χ0n) is 9.49. The first kappa shape index (κ1) is 10.7. The van der Waals surface area contributed by atoms with Crippen molar-refractivity contribution in [1.29, 1.82) is 0 Å². The van der Waals surface area contributed by atoms with E-state index in [4.69, 9.17) is 4.74 Å². The summed E-state index contributed by atoms with van der Waals surface area (Å²) in [7, 11) is 3.82. The van der Waals surface area contributed by atoms with Gasteiger partial charge in [0.2, 0.25) is 0 Å². The molecule has 0 bridgehead atoms. The minimum atomic E-state index is 0.304. The average Bonchev–Trinajstić information content (AvgIpc) is 2.47. The van der Waals surface area contributed by atoms with Crippen LogP contribution in [-0.2, 0) is 11.2 Å². The van der Waals surface area contributed by atoms with Crippen LogP contribution in [0.15, 0.2) is 24.3 Å². The van der Waals surface area contributed by atoms with Crippen molar-refractivity contribution in [2.24, 2.45) is 0 Å². The van der Waals surface area contributed by atoms with Crippen molar-refractivity contribution in [2.45, 2.75) is 31.4 Å². The van der Waals surface area contributed by atoms with Crippen LogP contribution in [0.25, 0.3) is 0 Å². The monoisotopic (exact) mass is 205 g/mol. The van der Waals surface area contributed by atoms with Gasteiger partial charge in [0, 0.05) is 7.11 Å². The number of benzene rings is 1. The Bertz CT molecular complexity index is 324. The first-order chi connectivity index (χ1) is 7.36. The molecular formula is C13H19NO. The van der Waals surface area contributed by atoms with E-state index in [0.29, 0.717) is 12.1 Å². The van der Waals surface area contributed by atoms with Crippen molar-refractivity contribution in [3.05, 3.63) is 35.4 Å². The molecule has 1 N–H and O–H groups in total. The van der Waals surface area contributed by atoms with Gasteiger partial charge in [0.05, 0.1) is 12.1 Å². The fourth-order valence-corrected chi connectivity index (χ4v) is 2.52. The van der Waals surface area contributed by atoms with Crippen LogP contribution in [0.1, 0.15) is 30.0 Å². The smallest absolute Gasteiger partial charge is 0.0766 e. The molecule has 1 aromatic rings. The molecular weight excluding hydrogens is 186 g/mol. The van der Waals surface area contributed by atoms with Gasteiger partial charge in [0.1, 0.15) is 0 Å². The standard InChI is InChI=1S/C13H19NO/c1-14-13-11-8-4-3-6-10(11)7-5-9-12(13)15-2/h3-4,6,8,12-14H,5,7,9H2,1-2H3. The van der Waals surface area contributed by atoms with Gasteiger partial charge in [-0.25, -0.2) is 0 Å². The minimum absolute atomic E-state index is 0.304. The Morgan fingerprint density at radius 1 is 1.33 bits per heavy atom. The first-order valence-electron chi connectivity index (χ1n) is 5.64. The van der Waals surface area contributed by atoms with Crippen LogP contribution in [0.5, 0.6) is 0 Å². The number of hydrogen-bond donors (Lipinski definition) is 1. The van der Waals surface area contributed by atoms with Crippen molar-refractivity contribution >= 4 is 0 Å². The van der Waals surface area contributed by atoms with E-state index in [2.05, 4.69) is 29.6 Å². The van der Waals surface area contributed by atoms with E-state index in [1.54, 1.807) is 0 Å². The lowest BCUT2D eigenvalue weighted by atomic mass is 9.98. The number of likely N-dealkylation sites (N-methyl/N-ethyl adjacent to an activating group) is 1. The summed E-state index contributed by atoms with van der Waals surface area (Å²) in [6.07, 6.45) is 3.83. The second-order valence-corrected chi connectivity index (χ2v) is 4.13. The van der Waals surface area contributed by atoms with Crippen LogP contribution >= 0.6 is 0 Å². The molecule has 2 heteroatoms. The summed E-state index contributed by atoms with van der Waals surface area (Å²) in [5.41, 5.74) is 2.88. The summed E-state index contributed by atoms with van der Waals surface area (Å²) >= 11 is 0. The Hall–Kier alpha value is -0.860. The quantitative estimate of drug-likeness (QED) is 0.748. The fourth-order valence-electron chi connectivity index (χ4n) is 2.52. The highest BCUT2D eigenvalue weighted by atomic mass is 16.5. The van der Waals surface area contributed by atoms with Crippen LogP contribution in [0, 0.1) is 0 Å². The Kier molecular flexibility index (Phi) is 3.39. The van der Waals surface area contributed by atoms with Gasteiger partial charge in [-0.3, -0.25) is 0 Å². The Balaban J connectivity index is 2.36. The van der Waals surface area contributed by atoms with Crippen LogP contribution < -0.4 is 5.32 Å². The van der Waals surface area contributed by atoms with Gasteiger partial charge in [-0.2, -0.15) is 0 Å². The molecule has 0 amide bonds. The molecule has 0 saturated carbocycles. The second-order valence-electron chi connectivity index (χ2n) is 4.13. The summed E-state index contributed by atoms with van der Waals surface area (Å²) < 4.78 is 5.57. The molecule has 1 aromatic carbocycles. The third kappa shape index (κ3) is 2.06. The third-order valence-electron chi connectivity index (χ3n) is 3.31. The molecule has 15 heavy (non-hydrogen) atoms. The van der Waals surface area contributed by atoms with E-state index in [1.807, 2.05) is 14.2 Å². The first-order valence-corrected chi connectivity index (χ1v) is 5.64. The van der Waals surface area contributed by atoms with E-state index >= 15 is 0 Å². The SMILES string of the molecule is CNC1c2ccccc2CCCC1OC. The Morgan fingerprint density at radius 2 is 2.13 bits per heavy atom. The van der Waals surface area contributed by atoms with E-state index in [1.165, 1.54) is 24.0 Å². The molecule has 0 spiro atoms. The van der Waals surface area contributed by atoms with E-state index in [0.717, 1.165) is 6.42 Å². The third-order valence-corrected chi connectivity index (χ3v) is 3.31. The molecule has 0 fully saturated rings. The summed E-state index contributed by atoms with van der Waals surface area (Å²) in [4.78, 5) is 0. The maximum absolute atomic E-state index is 5.57. The molecule has 82 valence electrons. The second kappa shape index (κ2) is 4.77. The van der Waals surface area contributed by atoms with E-state index in [-0.39, 0.29) is 0 Å². The van der Waals surface area contributed by atoms with Gasteiger partial charge >= 0.3 is 0 Å². The van der Waals surface area contributed by atoms with Gasteiger partial charge in [-0.15, -0.1) is 0 Å². The lowest BCUT2D eigenvalue weighted by molar-refractivity contribution is 0.0646. The zero-order chi connectivity index (χ0) is 10.7. The van der Waals surface area contributed by atoms with Crippen molar-refractivity contribution in [2.75, 3.05) is 14.2 Å². The summed E-state index contributed by atoms with van der Waals surface area (Å²) in [5, 5.41) is 3.38. The highest BCUT2D eigenvalue weighted by molar-refractivity contribution is 5.32. The van der Waals surface area contributed by atoms with Crippen LogP contribution in [0.3, 0.4) is 0 Å². The molecule has 2 atom stereocenters. The highest BCUT2D eigenvalue weighted by Crippen LogP contribution is 2.29. The number of methoxy groups -OCH3 is 1. The highest BCUT2D eigenvalue weighted by Gasteiger charge is 2.25. The maximum atomic E-state index is 5.57. The summed E-state index contributed by atoms with van der Waals surface area (Å²) in [6.45, 7) is 0. The molecule has 2 rings (SSSR count). The molecule has 0 aromatic heterocycles. The van der Waals surface area contributed by atoms with Crippen LogP contribution in [0.2, 0.25) is 0 Å². The summed E-state index contributed by atoms with van der Waals surface area (Å²) in [5.74, 6) is 0. The number of fused-ring (bicyclic) bond motifs is 1. The Morgan fingerprint density at radius 3 is 2.87 bits per heavy atom. The van der Waals surface area contributed by atoms with Crippen molar-refractivity contribution < 1.29 is 4.74 Å². The molecule has 0 aliphatic heterocycles. The number of rotatable bonds is 2. The van der Waals surface area contributed by atoms with Gasteiger partial charge in [-0.1, -0.05) is 24.3 Å². The Labute approximate surface area is 91.6 Å². The van der Waals surface area contributed by atoms with Crippen LogP contribution in [0.4, 0.5) is 0 Å². The van der Waals surface area contributed by atoms with Crippen LogP contribution in [-0.4, -0.2) is 20.3 Å². The van der Waals surface area contributed by atoms with Gasteiger partial charge in [0.15, 0.2) is 0 Å². The van der Waals surface area contributed by atoms with Gasteiger partial charge in [-0.05, 0) is 37.4 Å². The van der Waals surface area contributed by atoms with Crippen molar-refractivity contribution in [1.82, 2.24) is 5.32 Å². The lowest BCUT2D eigenvalue weighted by Gasteiger charge is -2.24. The number of hydrogen-bond acceptors (Lipinski definition) is 2. The molecule has 1 aliphatic rings. The summed E-state index contributed by atoms with van der Waals surface area (Å²) in [6, 6.07) is 9.03. The molecule has 2 unspecified atom stereocenters. The fraction of sp³-hybridized carbons (Fsp3) is 0.538. The molecule has 1 aliphatic carbocycles. The van der Waals surface area contributed by atoms with Crippen molar-refractivity contribution in [3.8, 4) is 0 Å². The van der Waals surface area contributed by atoms with E-state index in [9.17, 15) is 0 Å². The largest absolute Gasteiger partial charge is 0.379 e. The molecule has 0 heterocycles. The van der Waals surface area contributed by atoms with Gasteiger partial charge in [0.25, 0.3) is 0 Å². The normalized spacial score (nSPS) is 25.7. The number of aryl methyl sites for hydroxylation is 1. The predicted molar refractivity (Wildman–Crippen MR) is 62.0 cm³/mol. The molecule has 0 radical (unpaired) electrons. The average molecular weight is 205 g/mol. The topological polar surface area (TPSA) is 21.3 Å². The van der Waals surface area contributed by atoms with Gasteiger partial charge < -0.3 is 10.1 Å². The number of ether oxygens (including phenoxy) is 1. The predicted octanol–water partition coefficient (Wildman–Crippen LogP) is 2.30. The maximum Gasteiger partial charge on any atom is 0.0766 e. The zero-order valence-corrected chi connectivity index (χ0v) is 9.49.